The van der Waals surface area contributed by atoms with Crippen LogP contribution in [0.3, 0.4) is 0 Å². The molecule has 1 fully saturated rings. The van der Waals surface area contributed by atoms with Crippen LogP contribution in [-0.2, 0) is 10.2 Å². The van der Waals surface area contributed by atoms with Crippen LogP contribution >= 0.6 is 9.24 Å². The van der Waals surface area contributed by atoms with Crippen LogP contribution < -0.4 is 0 Å². The molecule has 2 atom stereocenters. The Balaban J connectivity index is 2.02. The van der Waals surface area contributed by atoms with Crippen molar-refractivity contribution in [3.8, 4) is 0 Å². The Labute approximate surface area is 148 Å². The second-order valence-corrected chi connectivity index (χ2v) is 7.30. The van der Waals surface area contributed by atoms with E-state index in [2.05, 4.69) is 46.5 Å². The highest BCUT2D eigenvalue weighted by Crippen LogP contribution is 2.34. The maximum absolute atomic E-state index is 12.5. The number of rotatable bonds is 4. The zero-order valence-corrected chi connectivity index (χ0v) is 15.9. The number of benzene rings is 1. The molecule has 24 heavy (non-hydrogen) atoms. The number of carbonyl (C=O) groups is 1. The Hall–Kier alpha value is -1.66. The monoisotopic (exact) mass is 341 g/mol. The Morgan fingerprint density at radius 3 is 2.62 bits per heavy atom. The molecule has 1 saturated heterocycles. The van der Waals surface area contributed by atoms with E-state index in [0.717, 1.165) is 37.7 Å². The van der Waals surface area contributed by atoms with Gasteiger partial charge in [0, 0.05) is 19.2 Å². The number of amides is 1. The van der Waals surface area contributed by atoms with E-state index < -0.39 is 0 Å². The van der Waals surface area contributed by atoms with Gasteiger partial charge in [0.05, 0.1) is 0 Å². The van der Waals surface area contributed by atoms with Crippen molar-refractivity contribution in [1.82, 2.24) is 4.90 Å². The molecule has 0 N–H and O–H groups in total. The fourth-order valence-electron chi connectivity index (χ4n) is 3.19. The topological polar surface area (TPSA) is 20.3 Å². The quantitative estimate of drug-likeness (QED) is 0.436. The summed E-state index contributed by atoms with van der Waals surface area (Å²) >= 11 is 0. The molecule has 1 aliphatic rings. The van der Waals surface area contributed by atoms with Gasteiger partial charge in [-0.1, -0.05) is 61.6 Å². The molecule has 3 heteroatoms. The molecule has 0 radical (unpaired) electrons. The Kier molecular flexibility index (Phi) is 6.99. The largest absolute Gasteiger partial charge is 0.339 e. The van der Waals surface area contributed by atoms with Crippen LogP contribution in [0.1, 0.15) is 38.7 Å². The molecule has 0 aromatic heterocycles. The third-order valence-electron chi connectivity index (χ3n) is 4.75. The van der Waals surface area contributed by atoms with Crippen LogP contribution in [0, 0.1) is 0 Å². The smallest absolute Gasteiger partial charge is 0.247 e. The molecule has 2 unspecified atom stereocenters. The SMILES string of the molecule is C\C=C/C=C\C(P)=C\C(=O)N1CCCC(C)(c2ccccc2)CC1. The Bertz CT molecular complexity index is 632. The molecular formula is C21H28NOP. The minimum Gasteiger partial charge on any atom is -0.339 e. The molecule has 0 bridgehead atoms. The standard InChI is InChI=1S/C21H28NOP/c1-3-4-6-12-19(24)17-20(23)22-15-9-13-21(2,14-16-22)18-10-7-5-8-11-18/h3-8,10-12,17H,9,13-16,24H2,1-2H3/b4-3-,12-6-,19-17-. The Morgan fingerprint density at radius 2 is 1.92 bits per heavy atom. The van der Waals surface area contributed by atoms with Gasteiger partial charge in [-0.3, -0.25) is 4.79 Å². The van der Waals surface area contributed by atoms with Crippen molar-refractivity contribution < 1.29 is 4.79 Å². The first kappa shape index (κ1) is 18.7. The first-order valence-electron chi connectivity index (χ1n) is 8.66. The van der Waals surface area contributed by atoms with E-state index in [1.807, 2.05) is 36.1 Å². The summed E-state index contributed by atoms with van der Waals surface area (Å²) in [6.45, 7) is 5.96. The van der Waals surface area contributed by atoms with Crippen LogP contribution in [0.15, 0.2) is 66.0 Å². The molecule has 1 aromatic rings. The third-order valence-corrected chi connectivity index (χ3v) is 5.11. The van der Waals surface area contributed by atoms with E-state index >= 15 is 0 Å². The van der Waals surface area contributed by atoms with E-state index in [1.54, 1.807) is 6.08 Å². The van der Waals surface area contributed by atoms with Gasteiger partial charge in [0.25, 0.3) is 0 Å². The average molecular weight is 341 g/mol. The second-order valence-electron chi connectivity index (χ2n) is 6.63. The minimum absolute atomic E-state index is 0.113. The number of carbonyl (C=O) groups excluding carboxylic acids is 1. The maximum Gasteiger partial charge on any atom is 0.247 e. The molecule has 1 amide bonds. The zero-order valence-electron chi connectivity index (χ0n) is 14.7. The van der Waals surface area contributed by atoms with Crippen LogP contribution in [0.5, 0.6) is 0 Å². The van der Waals surface area contributed by atoms with Crippen molar-refractivity contribution in [3.05, 3.63) is 71.6 Å². The molecule has 1 aromatic carbocycles. The summed E-state index contributed by atoms with van der Waals surface area (Å²) in [6, 6.07) is 10.7. The summed E-state index contributed by atoms with van der Waals surface area (Å²) in [7, 11) is 2.63. The highest BCUT2D eigenvalue weighted by molar-refractivity contribution is 7.23. The summed E-state index contributed by atoms with van der Waals surface area (Å²) in [5.74, 6) is 0.113. The summed E-state index contributed by atoms with van der Waals surface area (Å²) in [5, 5.41) is 0.910. The van der Waals surface area contributed by atoms with Crippen molar-refractivity contribution in [3.63, 3.8) is 0 Å². The fraction of sp³-hybridized carbons (Fsp3) is 0.381. The van der Waals surface area contributed by atoms with Crippen molar-refractivity contribution >= 4 is 15.1 Å². The molecular weight excluding hydrogens is 313 g/mol. The number of allylic oxidation sites excluding steroid dienone is 5. The number of likely N-dealkylation sites (tertiary alicyclic amines) is 1. The fourth-order valence-corrected chi connectivity index (χ4v) is 3.44. The van der Waals surface area contributed by atoms with Gasteiger partial charge in [-0.25, -0.2) is 0 Å². The Morgan fingerprint density at radius 1 is 1.17 bits per heavy atom. The number of hydrogen-bond donors (Lipinski definition) is 0. The molecule has 1 aliphatic heterocycles. The first-order chi connectivity index (χ1) is 11.5. The molecule has 0 aliphatic carbocycles. The van der Waals surface area contributed by atoms with Crippen molar-refractivity contribution in [2.24, 2.45) is 0 Å². The van der Waals surface area contributed by atoms with E-state index in [0.29, 0.717) is 0 Å². The highest BCUT2D eigenvalue weighted by Gasteiger charge is 2.30. The minimum atomic E-state index is 0.113. The maximum atomic E-state index is 12.5. The summed E-state index contributed by atoms with van der Waals surface area (Å²) in [4.78, 5) is 14.5. The van der Waals surface area contributed by atoms with Gasteiger partial charge >= 0.3 is 0 Å². The van der Waals surface area contributed by atoms with E-state index in [1.165, 1.54) is 5.56 Å². The number of hydrogen-bond acceptors (Lipinski definition) is 1. The summed E-state index contributed by atoms with van der Waals surface area (Å²) in [5.41, 5.74) is 1.55. The van der Waals surface area contributed by atoms with Gasteiger partial charge in [-0.2, -0.15) is 0 Å². The first-order valence-corrected chi connectivity index (χ1v) is 9.24. The molecule has 128 valence electrons. The van der Waals surface area contributed by atoms with Gasteiger partial charge in [0.15, 0.2) is 0 Å². The van der Waals surface area contributed by atoms with Crippen LogP contribution in [-0.4, -0.2) is 23.9 Å². The predicted octanol–water partition coefficient (Wildman–Crippen LogP) is 4.85. The molecule has 0 spiro atoms. The van der Waals surface area contributed by atoms with Gasteiger partial charge in [0.1, 0.15) is 0 Å². The lowest BCUT2D eigenvalue weighted by molar-refractivity contribution is -0.126. The van der Waals surface area contributed by atoms with Gasteiger partial charge in [-0.05, 0) is 42.5 Å². The summed E-state index contributed by atoms with van der Waals surface area (Å²) < 4.78 is 0. The van der Waals surface area contributed by atoms with Gasteiger partial charge in [0.2, 0.25) is 5.91 Å². The highest BCUT2D eigenvalue weighted by atomic mass is 31.0. The molecule has 2 rings (SSSR count). The molecule has 2 nitrogen and oxygen atoms in total. The third kappa shape index (κ3) is 5.18. The second kappa shape index (κ2) is 8.99. The van der Waals surface area contributed by atoms with Crippen molar-refractivity contribution in [2.45, 2.75) is 38.5 Å². The number of nitrogens with zero attached hydrogens (tertiary/aromatic N) is 1. The van der Waals surface area contributed by atoms with E-state index in [9.17, 15) is 4.79 Å². The molecule has 0 saturated carbocycles. The molecule has 1 heterocycles. The van der Waals surface area contributed by atoms with E-state index in [-0.39, 0.29) is 11.3 Å². The normalized spacial score (nSPS) is 23.0. The van der Waals surface area contributed by atoms with Crippen LogP contribution in [0.2, 0.25) is 0 Å². The predicted molar refractivity (Wildman–Crippen MR) is 106 cm³/mol. The van der Waals surface area contributed by atoms with E-state index in [4.69, 9.17) is 0 Å². The van der Waals surface area contributed by atoms with Gasteiger partial charge in [-0.15, -0.1) is 9.24 Å². The lowest BCUT2D eigenvalue weighted by Crippen LogP contribution is -2.31. The lowest BCUT2D eigenvalue weighted by atomic mass is 9.76. The lowest BCUT2D eigenvalue weighted by Gasteiger charge is -2.29. The average Bonchev–Trinajstić information content (AvgIpc) is 2.79. The van der Waals surface area contributed by atoms with Crippen molar-refractivity contribution in [1.29, 1.82) is 0 Å². The van der Waals surface area contributed by atoms with Gasteiger partial charge < -0.3 is 4.90 Å². The van der Waals surface area contributed by atoms with Crippen LogP contribution in [0.4, 0.5) is 0 Å². The zero-order chi connectivity index (χ0) is 17.4. The summed E-state index contributed by atoms with van der Waals surface area (Å²) in [6.07, 6.45) is 12.7. The van der Waals surface area contributed by atoms with Crippen LogP contribution in [0.25, 0.3) is 0 Å². The van der Waals surface area contributed by atoms with Crippen molar-refractivity contribution in [2.75, 3.05) is 13.1 Å².